The summed E-state index contributed by atoms with van der Waals surface area (Å²) in [4.78, 5) is 11.3. The molecule has 0 aliphatic heterocycles. The quantitative estimate of drug-likeness (QED) is 0.512. The number of allylic oxidation sites excluding steroid dienone is 2. The largest absolute Gasteiger partial charge is 0.469 e. The molecule has 0 spiro atoms. The number of unbranched alkanes of at least 4 members (excludes halogenated alkanes) is 1. The number of ether oxygens (including phenoxy) is 1. The van der Waals surface area contributed by atoms with Crippen molar-refractivity contribution in [2.75, 3.05) is 7.11 Å². The van der Waals surface area contributed by atoms with Crippen molar-refractivity contribution in [2.24, 2.45) is 5.92 Å². The lowest BCUT2D eigenvalue weighted by Gasteiger charge is -2.22. The molecule has 1 rings (SSSR count). The molecule has 1 aliphatic rings. The van der Waals surface area contributed by atoms with Crippen LogP contribution in [0.1, 0.15) is 45.4 Å². The third-order valence-electron chi connectivity index (χ3n) is 2.82. The van der Waals surface area contributed by atoms with Crippen molar-refractivity contribution in [3.05, 3.63) is 11.6 Å². The monoisotopic (exact) mass is 196 g/mol. The molecule has 0 aromatic rings. The Kier molecular flexibility index (Phi) is 4.71. The van der Waals surface area contributed by atoms with E-state index in [0.29, 0.717) is 0 Å². The van der Waals surface area contributed by atoms with E-state index in [0.717, 1.165) is 25.7 Å². The van der Waals surface area contributed by atoms with Gasteiger partial charge in [-0.25, -0.2) is 0 Å². The number of carbonyl (C=O) groups excluding carboxylic acids is 1. The van der Waals surface area contributed by atoms with E-state index in [1.165, 1.54) is 25.5 Å². The second kappa shape index (κ2) is 5.84. The van der Waals surface area contributed by atoms with Crippen molar-refractivity contribution in [3.8, 4) is 0 Å². The highest BCUT2D eigenvalue weighted by atomic mass is 16.5. The molecule has 0 N–H and O–H groups in total. The summed E-state index contributed by atoms with van der Waals surface area (Å²) < 4.78 is 4.78. The summed E-state index contributed by atoms with van der Waals surface area (Å²) in [5.41, 5.74) is 1.45. The maximum Gasteiger partial charge on any atom is 0.308 e. The summed E-state index contributed by atoms with van der Waals surface area (Å²) in [6, 6.07) is 0. The molecule has 1 fully saturated rings. The fourth-order valence-corrected chi connectivity index (χ4v) is 2.00. The van der Waals surface area contributed by atoms with E-state index in [1.807, 2.05) is 0 Å². The molecule has 1 atom stereocenters. The number of esters is 1. The van der Waals surface area contributed by atoms with Crippen molar-refractivity contribution in [1.82, 2.24) is 0 Å². The van der Waals surface area contributed by atoms with Crippen LogP contribution in [0.4, 0.5) is 0 Å². The van der Waals surface area contributed by atoms with E-state index >= 15 is 0 Å². The van der Waals surface area contributed by atoms with Crippen molar-refractivity contribution < 1.29 is 9.53 Å². The van der Waals surface area contributed by atoms with Crippen molar-refractivity contribution in [1.29, 1.82) is 0 Å². The Balaban J connectivity index is 2.47. The van der Waals surface area contributed by atoms with Crippen molar-refractivity contribution >= 4 is 5.97 Å². The van der Waals surface area contributed by atoms with Crippen LogP contribution in [0.5, 0.6) is 0 Å². The molecular formula is C12H20O2. The molecule has 80 valence electrons. The van der Waals surface area contributed by atoms with Gasteiger partial charge in [-0.2, -0.15) is 0 Å². The number of carbonyl (C=O) groups is 1. The zero-order chi connectivity index (χ0) is 10.4. The predicted octanol–water partition coefficient (Wildman–Crippen LogP) is 3.08. The topological polar surface area (TPSA) is 26.3 Å². The zero-order valence-corrected chi connectivity index (χ0v) is 9.21. The van der Waals surface area contributed by atoms with Crippen LogP contribution in [0.3, 0.4) is 0 Å². The third-order valence-corrected chi connectivity index (χ3v) is 2.82. The molecule has 0 saturated heterocycles. The number of methoxy groups -OCH3 is 1. The van der Waals surface area contributed by atoms with Gasteiger partial charge in [-0.3, -0.25) is 4.79 Å². The molecule has 0 amide bonds. The molecule has 0 bridgehead atoms. The molecule has 1 aliphatic carbocycles. The van der Waals surface area contributed by atoms with Gasteiger partial charge < -0.3 is 4.74 Å². The van der Waals surface area contributed by atoms with Gasteiger partial charge in [0, 0.05) is 0 Å². The Morgan fingerprint density at radius 2 is 2.43 bits per heavy atom. The first-order valence-corrected chi connectivity index (χ1v) is 5.53. The number of rotatable bonds is 3. The van der Waals surface area contributed by atoms with Crippen LogP contribution in [0, 0.1) is 5.92 Å². The summed E-state index contributed by atoms with van der Waals surface area (Å²) in [5.74, 6) is 0.0870. The minimum absolute atomic E-state index is 0.0351. The van der Waals surface area contributed by atoms with Gasteiger partial charge in [0.2, 0.25) is 0 Å². The average Bonchev–Trinajstić information content (AvgIpc) is 2.25. The standard InChI is InChI=1S/C12H20O2/c1-3-4-6-10-7-5-8-11(9-10)12(13)14-2/h6,11H,3-5,7-9H2,1-2H3/b10-6+. The van der Waals surface area contributed by atoms with Crippen molar-refractivity contribution in [3.63, 3.8) is 0 Å². The molecule has 1 unspecified atom stereocenters. The average molecular weight is 196 g/mol. The third kappa shape index (κ3) is 3.17. The second-order valence-electron chi connectivity index (χ2n) is 3.97. The van der Waals surface area contributed by atoms with Crippen LogP contribution in [-0.4, -0.2) is 13.1 Å². The Labute approximate surface area is 86.3 Å². The highest BCUT2D eigenvalue weighted by Crippen LogP contribution is 2.29. The lowest BCUT2D eigenvalue weighted by molar-refractivity contribution is -0.146. The van der Waals surface area contributed by atoms with Crippen molar-refractivity contribution in [2.45, 2.75) is 45.4 Å². The van der Waals surface area contributed by atoms with Gasteiger partial charge in [-0.15, -0.1) is 0 Å². The molecule has 2 heteroatoms. The summed E-state index contributed by atoms with van der Waals surface area (Å²) in [5, 5.41) is 0. The van der Waals surface area contributed by atoms with E-state index in [1.54, 1.807) is 0 Å². The van der Waals surface area contributed by atoms with Crippen LogP contribution in [-0.2, 0) is 9.53 Å². The van der Waals surface area contributed by atoms with E-state index in [2.05, 4.69) is 13.0 Å². The Morgan fingerprint density at radius 1 is 1.64 bits per heavy atom. The lowest BCUT2D eigenvalue weighted by Crippen LogP contribution is -2.20. The molecule has 14 heavy (non-hydrogen) atoms. The van der Waals surface area contributed by atoms with Crippen LogP contribution in [0.15, 0.2) is 11.6 Å². The summed E-state index contributed by atoms with van der Waals surface area (Å²) in [7, 11) is 1.48. The van der Waals surface area contributed by atoms with Gasteiger partial charge in [0.05, 0.1) is 13.0 Å². The van der Waals surface area contributed by atoms with Crippen LogP contribution in [0.25, 0.3) is 0 Å². The first kappa shape index (κ1) is 11.3. The second-order valence-corrected chi connectivity index (χ2v) is 3.97. The predicted molar refractivity (Wildman–Crippen MR) is 57.0 cm³/mol. The lowest BCUT2D eigenvalue weighted by atomic mass is 9.85. The van der Waals surface area contributed by atoms with E-state index in [4.69, 9.17) is 4.74 Å². The molecule has 2 nitrogen and oxygen atoms in total. The highest BCUT2D eigenvalue weighted by Gasteiger charge is 2.23. The minimum atomic E-state index is -0.0351. The van der Waals surface area contributed by atoms with Gasteiger partial charge in [0.25, 0.3) is 0 Å². The molecule has 0 radical (unpaired) electrons. The highest BCUT2D eigenvalue weighted by molar-refractivity contribution is 5.72. The van der Waals surface area contributed by atoms with Gasteiger partial charge in [0.15, 0.2) is 0 Å². The molecule has 0 aromatic heterocycles. The Morgan fingerprint density at radius 3 is 3.07 bits per heavy atom. The summed E-state index contributed by atoms with van der Waals surface area (Å²) >= 11 is 0. The van der Waals surface area contributed by atoms with E-state index < -0.39 is 0 Å². The fourth-order valence-electron chi connectivity index (χ4n) is 2.00. The normalized spacial score (nSPS) is 25.0. The number of hydrogen-bond donors (Lipinski definition) is 0. The van der Waals surface area contributed by atoms with E-state index in [-0.39, 0.29) is 11.9 Å². The first-order chi connectivity index (χ1) is 6.77. The number of hydrogen-bond acceptors (Lipinski definition) is 2. The minimum Gasteiger partial charge on any atom is -0.469 e. The van der Waals surface area contributed by atoms with Crippen LogP contribution >= 0.6 is 0 Å². The first-order valence-electron chi connectivity index (χ1n) is 5.53. The molecule has 1 saturated carbocycles. The molecule has 0 heterocycles. The van der Waals surface area contributed by atoms with Crippen LogP contribution in [0.2, 0.25) is 0 Å². The fraction of sp³-hybridized carbons (Fsp3) is 0.750. The van der Waals surface area contributed by atoms with Crippen LogP contribution < -0.4 is 0 Å². The van der Waals surface area contributed by atoms with Gasteiger partial charge >= 0.3 is 5.97 Å². The smallest absolute Gasteiger partial charge is 0.308 e. The molecular weight excluding hydrogens is 176 g/mol. The SMILES string of the molecule is CCC/C=C1\CCCC(C(=O)OC)C1. The summed E-state index contributed by atoms with van der Waals surface area (Å²) in [6.07, 6.45) is 8.86. The summed E-state index contributed by atoms with van der Waals surface area (Å²) in [6.45, 7) is 2.18. The molecule has 0 aromatic carbocycles. The Bertz CT molecular complexity index is 218. The van der Waals surface area contributed by atoms with Gasteiger partial charge in [-0.05, 0) is 32.1 Å². The zero-order valence-electron chi connectivity index (χ0n) is 9.21. The maximum absolute atomic E-state index is 11.3. The van der Waals surface area contributed by atoms with Gasteiger partial charge in [-0.1, -0.05) is 25.0 Å². The van der Waals surface area contributed by atoms with Gasteiger partial charge in [0.1, 0.15) is 0 Å². The maximum atomic E-state index is 11.3. The Hall–Kier alpha value is -0.790. The van der Waals surface area contributed by atoms with E-state index in [9.17, 15) is 4.79 Å².